The van der Waals surface area contributed by atoms with Crippen molar-refractivity contribution in [2.45, 2.75) is 20.8 Å². The molecule has 0 fully saturated rings. The van der Waals surface area contributed by atoms with E-state index in [1.54, 1.807) is 11.3 Å². The lowest BCUT2D eigenvalue weighted by molar-refractivity contribution is 1.34. The van der Waals surface area contributed by atoms with Gasteiger partial charge in [-0.3, -0.25) is 0 Å². The third kappa shape index (κ3) is 0.955. The van der Waals surface area contributed by atoms with Gasteiger partial charge >= 0.3 is 0 Å². The third-order valence-corrected chi connectivity index (χ3v) is 3.06. The first kappa shape index (κ1) is 7.37. The predicted octanol–water partition coefficient (Wildman–Crippen LogP) is 2.65. The lowest BCUT2D eigenvalue weighted by atomic mass is 10.1. The molecule has 0 unspecified atom stereocenters. The maximum absolute atomic E-state index is 5.29. The van der Waals surface area contributed by atoms with E-state index >= 15 is 0 Å². The van der Waals surface area contributed by atoms with Crippen LogP contribution in [-0.2, 0) is 0 Å². The maximum atomic E-state index is 5.29. The molecule has 0 amide bonds. The van der Waals surface area contributed by atoms with E-state index < -0.39 is 0 Å². The molecule has 0 nitrogen and oxygen atoms in total. The van der Waals surface area contributed by atoms with Crippen molar-refractivity contribution in [2.24, 2.45) is 0 Å². The summed E-state index contributed by atoms with van der Waals surface area (Å²) in [4.78, 5) is 2.42. The molecule has 0 radical (unpaired) electrons. The molecule has 0 bridgehead atoms. The van der Waals surface area contributed by atoms with Crippen molar-refractivity contribution in [3.05, 3.63) is 20.9 Å². The molecule has 1 rings (SSSR count). The highest BCUT2D eigenvalue weighted by Gasteiger charge is 2.04. The van der Waals surface area contributed by atoms with Crippen molar-refractivity contribution in [1.29, 1.82) is 0 Å². The monoisotopic (exact) mass is 150 g/mol. The molecule has 0 N–H and O–H groups in total. The summed E-state index contributed by atoms with van der Waals surface area (Å²) in [5.41, 5.74) is 2.61. The van der Waals surface area contributed by atoms with Gasteiger partial charge in [-0.2, -0.15) is 0 Å². The van der Waals surface area contributed by atoms with Crippen LogP contribution in [0.25, 0.3) is 0 Å². The van der Waals surface area contributed by atoms with Gasteiger partial charge in [-0.05, 0) is 31.9 Å². The second-order valence-corrected chi connectivity index (χ2v) is 3.61. The molecule has 1 aromatic heterocycles. The van der Waals surface area contributed by atoms with E-state index in [-0.39, 0.29) is 0 Å². The molecule has 0 spiro atoms. The Labute approximate surface area is 65.9 Å². The molecular formula is C9H10S. The minimum absolute atomic E-state index is 1.08. The Hall–Kier alpha value is -0.740. The van der Waals surface area contributed by atoms with Crippen LogP contribution < -0.4 is 0 Å². The molecule has 52 valence electrons. The van der Waals surface area contributed by atoms with E-state index in [1.807, 2.05) is 0 Å². The zero-order valence-corrected chi connectivity index (χ0v) is 7.30. The highest BCUT2D eigenvalue weighted by molar-refractivity contribution is 7.12. The fourth-order valence-electron chi connectivity index (χ4n) is 0.878. The van der Waals surface area contributed by atoms with Crippen LogP contribution >= 0.6 is 11.3 Å². The normalized spacial score (nSPS) is 9.40. The highest BCUT2D eigenvalue weighted by Crippen LogP contribution is 2.25. The van der Waals surface area contributed by atoms with Gasteiger partial charge in [0.25, 0.3) is 0 Å². The van der Waals surface area contributed by atoms with Crippen molar-refractivity contribution in [3.63, 3.8) is 0 Å². The molecule has 1 heterocycles. The van der Waals surface area contributed by atoms with Crippen LogP contribution in [0.1, 0.15) is 20.9 Å². The standard InChI is InChI=1S/C9H10S/c1-5-9-7(3)6(2)8(4)10-9/h1H,2-4H3. The summed E-state index contributed by atoms with van der Waals surface area (Å²) in [6, 6.07) is 0. The first-order valence-corrected chi connectivity index (χ1v) is 4.01. The van der Waals surface area contributed by atoms with E-state index in [4.69, 9.17) is 6.42 Å². The summed E-state index contributed by atoms with van der Waals surface area (Å²) >= 11 is 1.70. The van der Waals surface area contributed by atoms with Crippen molar-refractivity contribution >= 4 is 11.3 Å². The number of hydrogen-bond donors (Lipinski definition) is 0. The van der Waals surface area contributed by atoms with Gasteiger partial charge in [-0.15, -0.1) is 17.8 Å². The Kier molecular flexibility index (Phi) is 1.82. The van der Waals surface area contributed by atoms with Gasteiger partial charge in [0.2, 0.25) is 0 Å². The minimum Gasteiger partial charge on any atom is -0.131 e. The number of rotatable bonds is 0. The summed E-state index contributed by atoms with van der Waals surface area (Å²) in [5, 5.41) is 0. The van der Waals surface area contributed by atoms with Crippen molar-refractivity contribution in [1.82, 2.24) is 0 Å². The molecule has 0 aromatic carbocycles. The maximum Gasteiger partial charge on any atom is 0.0800 e. The Balaban J connectivity index is 3.34. The summed E-state index contributed by atoms with van der Waals surface area (Å²) in [7, 11) is 0. The fraction of sp³-hybridized carbons (Fsp3) is 0.333. The van der Waals surface area contributed by atoms with Crippen LogP contribution in [0.5, 0.6) is 0 Å². The zero-order valence-electron chi connectivity index (χ0n) is 6.49. The van der Waals surface area contributed by atoms with Crippen molar-refractivity contribution < 1.29 is 0 Å². The average Bonchev–Trinajstić information content (AvgIpc) is 2.17. The number of thiophene rings is 1. The first-order chi connectivity index (χ1) is 4.66. The average molecular weight is 150 g/mol. The van der Waals surface area contributed by atoms with Crippen LogP contribution in [0, 0.1) is 33.1 Å². The number of terminal acetylenes is 1. The molecule has 0 saturated heterocycles. The van der Waals surface area contributed by atoms with Gasteiger partial charge in [-0.1, -0.05) is 5.92 Å². The van der Waals surface area contributed by atoms with Gasteiger partial charge < -0.3 is 0 Å². The van der Waals surface area contributed by atoms with Gasteiger partial charge in [0.15, 0.2) is 0 Å². The SMILES string of the molecule is C#Cc1sc(C)c(C)c1C. The molecule has 0 aliphatic rings. The summed E-state index contributed by atoms with van der Waals surface area (Å²) in [6.07, 6.45) is 5.29. The van der Waals surface area contributed by atoms with Gasteiger partial charge in [-0.25, -0.2) is 0 Å². The molecule has 0 aliphatic heterocycles. The second kappa shape index (κ2) is 2.48. The van der Waals surface area contributed by atoms with Crippen LogP contribution in [0.3, 0.4) is 0 Å². The molecule has 0 atom stereocenters. The Morgan fingerprint density at radius 3 is 2.00 bits per heavy atom. The molecule has 0 aliphatic carbocycles. The van der Waals surface area contributed by atoms with Crippen LogP contribution in [0.2, 0.25) is 0 Å². The summed E-state index contributed by atoms with van der Waals surface area (Å²) < 4.78 is 0. The second-order valence-electron chi connectivity index (χ2n) is 2.38. The first-order valence-electron chi connectivity index (χ1n) is 3.20. The smallest absolute Gasteiger partial charge is 0.0800 e. The Morgan fingerprint density at radius 2 is 1.80 bits per heavy atom. The van der Waals surface area contributed by atoms with E-state index in [1.165, 1.54) is 16.0 Å². The fourth-order valence-corrected chi connectivity index (χ4v) is 1.86. The molecule has 1 heteroatoms. The van der Waals surface area contributed by atoms with E-state index in [0.29, 0.717) is 0 Å². The molecule has 1 aromatic rings. The minimum atomic E-state index is 1.08. The Morgan fingerprint density at radius 1 is 1.20 bits per heavy atom. The van der Waals surface area contributed by atoms with Crippen molar-refractivity contribution in [2.75, 3.05) is 0 Å². The lowest BCUT2D eigenvalue weighted by Crippen LogP contribution is -1.75. The van der Waals surface area contributed by atoms with Crippen molar-refractivity contribution in [3.8, 4) is 12.3 Å². The van der Waals surface area contributed by atoms with Gasteiger partial charge in [0.05, 0.1) is 4.88 Å². The van der Waals surface area contributed by atoms with Crippen LogP contribution in [0.15, 0.2) is 0 Å². The van der Waals surface area contributed by atoms with E-state index in [9.17, 15) is 0 Å². The van der Waals surface area contributed by atoms with Crippen LogP contribution in [-0.4, -0.2) is 0 Å². The zero-order chi connectivity index (χ0) is 7.72. The Bertz CT molecular complexity index is 286. The third-order valence-electron chi connectivity index (χ3n) is 1.82. The van der Waals surface area contributed by atoms with E-state index in [2.05, 4.69) is 26.7 Å². The highest BCUT2D eigenvalue weighted by atomic mass is 32.1. The van der Waals surface area contributed by atoms with Gasteiger partial charge in [0, 0.05) is 4.88 Å². The topological polar surface area (TPSA) is 0 Å². The molecule has 10 heavy (non-hydrogen) atoms. The largest absolute Gasteiger partial charge is 0.131 e. The van der Waals surface area contributed by atoms with Crippen LogP contribution in [0.4, 0.5) is 0 Å². The summed E-state index contributed by atoms with van der Waals surface area (Å²) in [6.45, 7) is 6.30. The lowest BCUT2D eigenvalue weighted by Gasteiger charge is -1.88. The van der Waals surface area contributed by atoms with E-state index in [0.717, 1.165) is 4.88 Å². The van der Waals surface area contributed by atoms with Gasteiger partial charge in [0.1, 0.15) is 0 Å². The number of aryl methyl sites for hydroxylation is 1. The number of hydrogen-bond acceptors (Lipinski definition) is 1. The quantitative estimate of drug-likeness (QED) is 0.499. The predicted molar refractivity (Wildman–Crippen MR) is 46.5 cm³/mol. The summed E-state index contributed by atoms with van der Waals surface area (Å²) in [5.74, 6) is 2.68. The molecule has 0 saturated carbocycles. The molecular weight excluding hydrogens is 140 g/mol.